The molecule has 0 saturated heterocycles. The lowest BCUT2D eigenvalue weighted by Gasteiger charge is -2.09. The van der Waals surface area contributed by atoms with Crippen molar-refractivity contribution in [1.82, 2.24) is 14.8 Å². The van der Waals surface area contributed by atoms with Crippen LogP contribution in [0.1, 0.15) is 5.56 Å². The summed E-state index contributed by atoms with van der Waals surface area (Å²) in [6, 6.07) is 16.5. The van der Waals surface area contributed by atoms with Gasteiger partial charge in [0.15, 0.2) is 11.0 Å². The van der Waals surface area contributed by atoms with E-state index in [0.29, 0.717) is 33.8 Å². The van der Waals surface area contributed by atoms with E-state index < -0.39 is 0 Å². The molecule has 0 saturated carbocycles. The number of halogens is 1. The Morgan fingerprint density at radius 1 is 1.29 bits per heavy atom. The molecule has 0 bridgehead atoms. The third-order valence-corrected chi connectivity index (χ3v) is 4.97. The highest BCUT2D eigenvalue weighted by Gasteiger charge is 2.15. The van der Waals surface area contributed by atoms with E-state index in [0.717, 1.165) is 5.56 Å². The van der Waals surface area contributed by atoms with Gasteiger partial charge in [0.1, 0.15) is 6.07 Å². The molecule has 0 aliphatic carbocycles. The molecular weight excluding hydrogens is 394 g/mol. The highest BCUT2D eigenvalue weighted by molar-refractivity contribution is 7.99. The van der Waals surface area contributed by atoms with Gasteiger partial charge in [0, 0.05) is 17.1 Å². The fourth-order valence-electron chi connectivity index (χ4n) is 2.52. The first-order valence-electron chi connectivity index (χ1n) is 8.34. The minimum atomic E-state index is -0.266. The van der Waals surface area contributed by atoms with E-state index in [9.17, 15) is 4.79 Å². The van der Waals surface area contributed by atoms with E-state index in [2.05, 4.69) is 22.1 Å². The van der Waals surface area contributed by atoms with Crippen LogP contribution in [0.3, 0.4) is 0 Å². The van der Waals surface area contributed by atoms with Crippen LogP contribution in [0.5, 0.6) is 0 Å². The monoisotopic (exact) mass is 409 g/mol. The van der Waals surface area contributed by atoms with Crippen molar-refractivity contribution >= 4 is 35.0 Å². The van der Waals surface area contributed by atoms with Crippen molar-refractivity contribution in [3.63, 3.8) is 0 Å². The predicted octanol–water partition coefficient (Wildman–Crippen LogP) is 4.39. The molecule has 0 fully saturated rings. The van der Waals surface area contributed by atoms with Crippen LogP contribution in [-0.4, -0.2) is 26.4 Å². The molecule has 1 N–H and O–H groups in total. The zero-order valence-electron chi connectivity index (χ0n) is 14.8. The molecule has 8 heteroatoms. The first-order valence-corrected chi connectivity index (χ1v) is 9.70. The summed E-state index contributed by atoms with van der Waals surface area (Å²) >= 11 is 7.21. The summed E-state index contributed by atoms with van der Waals surface area (Å²) in [4.78, 5) is 12.3. The number of hydrogen-bond acceptors (Lipinski definition) is 5. The van der Waals surface area contributed by atoms with Crippen molar-refractivity contribution in [3.05, 3.63) is 71.8 Å². The molecule has 1 aromatic heterocycles. The van der Waals surface area contributed by atoms with Crippen LogP contribution >= 0.6 is 23.4 Å². The van der Waals surface area contributed by atoms with Crippen LogP contribution in [0, 0.1) is 11.3 Å². The molecule has 0 radical (unpaired) electrons. The fourth-order valence-corrected chi connectivity index (χ4v) is 3.44. The van der Waals surface area contributed by atoms with Gasteiger partial charge >= 0.3 is 0 Å². The van der Waals surface area contributed by atoms with Gasteiger partial charge in [0.2, 0.25) is 5.91 Å². The molecule has 2 aromatic carbocycles. The Morgan fingerprint density at radius 2 is 2.07 bits per heavy atom. The summed E-state index contributed by atoms with van der Waals surface area (Å²) in [6.07, 6.45) is 1.76. The van der Waals surface area contributed by atoms with Gasteiger partial charge in [0.25, 0.3) is 0 Å². The molecule has 1 heterocycles. The van der Waals surface area contributed by atoms with E-state index in [1.807, 2.05) is 41.0 Å². The van der Waals surface area contributed by atoms with E-state index in [1.54, 1.807) is 24.3 Å². The molecule has 0 aliphatic rings. The number of anilines is 1. The van der Waals surface area contributed by atoms with Gasteiger partial charge in [-0.25, -0.2) is 0 Å². The Bertz CT molecular complexity index is 1040. The molecule has 3 aromatic rings. The average molecular weight is 410 g/mol. The highest BCUT2D eigenvalue weighted by Crippen LogP contribution is 2.25. The molecule has 0 aliphatic heterocycles. The van der Waals surface area contributed by atoms with E-state index in [4.69, 9.17) is 16.9 Å². The number of nitrogens with one attached hydrogen (secondary N) is 1. The first kappa shape index (κ1) is 19.7. The number of carbonyl (C=O) groups is 1. The minimum Gasteiger partial charge on any atom is -0.324 e. The molecule has 1 amide bonds. The quantitative estimate of drug-likeness (QED) is 0.462. The lowest BCUT2D eigenvalue weighted by atomic mass is 10.2. The highest BCUT2D eigenvalue weighted by atomic mass is 35.5. The van der Waals surface area contributed by atoms with Crippen LogP contribution < -0.4 is 5.32 Å². The number of allylic oxidation sites excluding steroid dienone is 1. The first-order chi connectivity index (χ1) is 13.6. The van der Waals surface area contributed by atoms with Crippen molar-refractivity contribution in [3.8, 4) is 17.5 Å². The predicted molar refractivity (Wildman–Crippen MR) is 111 cm³/mol. The molecular formula is C20H16ClN5OS. The van der Waals surface area contributed by atoms with Crippen molar-refractivity contribution in [1.29, 1.82) is 5.26 Å². The summed E-state index contributed by atoms with van der Waals surface area (Å²) in [5.41, 5.74) is 1.67. The molecule has 0 spiro atoms. The zero-order valence-corrected chi connectivity index (χ0v) is 16.4. The lowest BCUT2D eigenvalue weighted by Crippen LogP contribution is -2.15. The summed E-state index contributed by atoms with van der Waals surface area (Å²) in [5, 5.41) is 21.4. The van der Waals surface area contributed by atoms with Gasteiger partial charge in [-0.3, -0.25) is 9.36 Å². The maximum absolute atomic E-state index is 12.3. The van der Waals surface area contributed by atoms with Gasteiger partial charge in [-0.1, -0.05) is 59.8 Å². The number of benzene rings is 2. The Hall–Kier alpha value is -3.08. The van der Waals surface area contributed by atoms with Gasteiger partial charge in [-0.05, 0) is 18.2 Å². The number of nitriles is 1. The number of aromatic nitrogens is 3. The molecule has 0 unspecified atom stereocenters. The Kier molecular flexibility index (Phi) is 6.48. The second-order valence-corrected chi connectivity index (χ2v) is 7.09. The minimum absolute atomic E-state index is 0.113. The van der Waals surface area contributed by atoms with Gasteiger partial charge < -0.3 is 5.32 Å². The number of rotatable bonds is 7. The maximum Gasteiger partial charge on any atom is 0.234 e. The van der Waals surface area contributed by atoms with Gasteiger partial charge in [0.05, 0.1) is 17.0 Å². The third kappa shape index (κ3) is 4.60. The van der Waals surface area contributed by atoms with Gasteiger partial charge in [-0.2, -0.15) is 5.26 Å². The number of thioether (sulfide) groups is 1. The molecule has 6 nitrogen and oxygen atoms in total. The fraction of sp³-hybridized carbons (Fsp3) is 0.100. The summed E-state index contributed by atoms with van der Waals surface area (Å²) < 4.78 is 1.90. The average Bonchev–Trinajstić information content (AvgIpc) is 3.10. The van der Waals surface area contributed by atoms with E-state index in [1.165, 1.54) is 11.8 Å². The summed E-state index contributed by atoms with van der Waals surface area (Å²) in [7, 11) is 0. The number of carbonyl (C=O) groups excluding carboxylic acids is 1. The molecule has 28 heavy (non-hydrogen) atoms. The van der Waals surface area contributed by atoms with Crippen molar-refractivity contribution in [2.45, 2.75) is 11.7 Å². The standard InChI is InChI=1S/C20H16ClN5OS/c1-2-10-26-19(14-6-4-3-5-7-14)24-25-20(26)28-13-18(27)23-17-11-16(21)9-8-15(17)12-22/h2-9,11H,1,10,13H2,(H,23,27). The smallest absolute Gasteiger partial charge is 0.234 e. The van der Waals surface area contributed by atoms with Crippen LogP contribution in [0.2, 0.25) is 5.02 Å². The van der Waals surface area contributed by atoms with Crippen molar-refractivity contribution < 1.29 is 4.79 Å². The Labute approximate surface area is 171 Å². The van der Waals surface area contributed by atoms with Crippen LogP contribution in [0.25, 0.3) is 11.4 Å². The second-order valence-electron chi connectivity index (χ2n) is 5.71. The Morgan fingerprint density at radius 3 is 2.79 bits per heavy atom. The second kappa shape index (κ2) is 9.22. The van der Waals surface area contributed by atoms with Crippen LogP contribution in [-0.2, 0) is 11.3 Å². The maximum atomic E-state index is 12.3. The number of amides is 1. The number of hydrogen-bond donors (Lipinski definition) is 1. The van der Waals surface area contributed by atoms with E-state index in [-0.39, 0.29) is 11.7 Å². The third-order valence-electron chi connectivity index (χ3n) is 3.77. The van der Waals surface area contributed by atoms with E-state index >= 15 is 0 Å². The largest absolute Gasteiger partial charge is 0.324 e. The van der Waals surface area contributed by atoms with Gasteiger partial charge in [-0.15, -0.1) is 16.8 Å². The lowest BCUT2D eigenvalue weighted by molar-refractivity contribution is -0.113. The summed E-state index contributed by atoms with van der Waals surface area (Å²) in [5.74, 6) is 0.560. The van der Waals surface area contributed by atoms with Crippen LogP contribution in [0.15, 0.2) is 66.3 Å². The number of nitrogens with zero attached hydrogens (tertiary/aromatic N) is 4. The summed E-state index contributed by atoms with van der Waals surface area (Å²) in [6.45, 7) is 4.30. The Balaban J connectivity index is 1.73. The zero-order chi connectivity index (χ0) is 19.9. The van der Waals surface area contributed by atoms with Crippen molar-refractivity contribution in [2.24, 2.45) is 0 Å². The normalized spacial score (nSPS) is 10.3. The van der Waals surface area contributed by atoms with Crippen LogP contribution in [0.4, 0.5) is 5.69 Å². The van der Waals surface area contributed by atoms with Crippen molar-refractivity contribution in [2.75, 3.05) is 11.1 Å². The SMILES string of the molecule is C=CCn1c(SCC(=O)Nc2cc(Cl)ccc2C#N)nnc1-c1ccccc1. The molecule has 140 valence electrons. The topological polar surface area (TPSA) is 83.6 Å². The molecule has 3 rings (SSSR count). The molecule has 0 atom stereocenters.